The molecule has 0 spiro atoms. The Hall–Kier alpha value is -1.79. The fourth-order valence-corrected chi connectivity index (χ4v) is 1.36. The van der Waals surface area contributed by atoms with Crippen LogP contribution in [0, 0.1) is 0 Å². The van der Waals surface area contributed by atoms with Crippen molar-refractivity contribution in [2.45, 2.75) is 71.6 Å². The molecule has 0 heterocycles. The van der Waals surface area contributed by atoms with Crippen LogP contribution in [0.3, 0.4) is 0 Å². The Morgan fingerprint density at radius 2 is 1.48 bits per heavy atom. The van der Waals surface area contributed by atoms with E-state index < -0.39 is 35.2 Å². The van der Waals surface area contributed by atoms with Crippen LogP contribution >= 0.6 is 0 Å². The van der Waals surface area contributed by atoms with Crippen molar-refractivity contribution < 1.29 is 23.9 Å². The number of nitrogens with one attached hydrogen (secondary N) is 1. The number of alkyl carbamates (subject to hydrolysis) is 1. The van der Waals surface area contributed by atoms with Gasteiger partial charge in [-0.2, -0.15) is 0 Å². The van der Waals surface area contributed by atoms with Gasteiger partial charge in [0.05, 0.1) is 0 Å². The molecule has 0 radical (unpaired) electrons. The molecule has 0 aromatic carbocycles. The lowest BCUT2D eigenvalue weighted by Crippen LogP contribution is -2.46. The first-order chi connectivity index (χ1) is 9.30. The number of nitrogens with two attached hydrogens (primary N) is 1. The molecular formula is C14H26N2O5. The third kappa shape index (κ3) is 10.6. The maximum absolute atomic E-state index is 12.0. The average Bonchev–Trinajstić information content (AvgIpc) is 2.18. The maximum atomic E-state index is 12.0. The minimum Gasteiger partial charge on any atom is -0.458 e. The molecule has 0 aliphatic rings. The van der Waals surface area contributed by atoms with Crippen LogP contribution in [0.4, 0.5) is 4.79 Å². The molecule has 0 aromatic heterocycles. The second-order valence-electron chi connectivity index (χ2n) is 6.74. The van der Waals surface area contributed by atoms with E-state index in [1.807, 2.05) is 0 Å². The Labute approximate surface area is 125 Å². The molecule has 0 saturated carbocycles. The van der Waals surface area contributed by atoms with Crippen LogP contribution in [0.1, 0.15) is 54.4 Å². The van der Waals surface area contributed by atoms with E-state index in [1.54, 1.807) is 41.5 Å². The lowest BCUT2D eigenvalue weighted by atomic mass is 10.1. The molecule has 0 saturated heterocycles. The minimum absolute atomic E-state index is 0.0420. The third-order valence-corrected chi connectivity index (χ3v) is 2.06. The molecule has 0 aliphatic heterocycles. The van der Waals surface area contributed by atoms with E-state index in [0.717, 1.165) is 0 Å². The highest BCUT2D eigenvalue weighted by Gasteiger charge is 2.28. The van der Waals surface area contributed by atoms with Crippen molar-refractivity contribution in [3.8, 4) is 0 Å². The Bertz CT molecular complexity index is 393. The summed E-state index contributed by atoms with van der Waals surface area (Å²) in [6, 6.07) is -0.980. The number of esters is 1. The summed E-state index contributed by atoms with van der Waals surface area (Å²) >= 11 is 0. The minimum atomic E-state index is -0.980. The summed E-state index contributed by atoms with van der Waals surface area (Å²) in [5, 5.41) is 2.41. The molecule has 2 amide bonds. The number of hydrogen-bond donors (Lipinski definition) is 2. The van der Waals surface area contributed by atoms with E-state index in [2.05, 4.69) is 5.32 Å². The van der Waals surface area contributed by atoms with E-state index in [4.69, 9.17) is 15.2 Å². The summed E-state index contributed by atoms with van der Waals surface area (Å²) in [4.78, 5) is 34.6. The van der Waals surface area contributed by atoms with Crippen LogP contribution in [-0.4, -0.2) is 35.2 Å². The topological polar surface area (TPSA) is 108 Å². The number of rotatable bonds is 5. The molecule has 0 aliphatic carbocycles. The van der Waals surface area contributed by atoms with Gasteiger partial charge >= 0.3 is 12.1 Å². The molecule has 21 heavy (non-hydrogen) atoms. The lowest BCUT2D eigenvalue weighted by molar-refractivity contribution is -0.157. The number of hydrogen-bond acceptors (Lipinski definition) is 5. The largest absolute Gasteiger partial charge is 0.458 e. The van der Waals surface area contributed by atoms with Crippen molar-refractivity contribution in [2.75, 3.05) is 0 Å². The van der Waals surface area contributed by atoms with Gasteiger partial charge in [-0.25, -0.2) is 9.59 Å². The van der Waals surface area contributed by atoms with Crippen LogP contribution in [0.15, 0.2) is 0 Å². The predicted molar refractivity (Wildman–Crippen MR) is 77.4 cm³/mol. The highest BCUT2D eigenvalue weighted by atomic mass is 16.6. The number of carbonyl (C=O) groups excluding carboxylic acids is 3. The van der Waals surface area contributed by atoms with Crippen LogP contribution in [0.25, 0.3) is 0 Å². The number of ether oxygens (including phenoxy) is 2. The fraction of sp³-hybridized carbons (Fsp3) is 0.786. The molecule has 0 aromatic rings. The molecular weight excluding hydrogens is 276 g/mol. The van der Waals surface area contributed by atoms with Gasteiger partial charge in [-0.1, -0.05) is 0 Å². The lowest BCUT2D eigenvalue weighted by Gasteiger charge is -2.26. The van der Waals surface area contributed by atoms with Crippen molar-refractivity contribution >= 4 is 18.0 Å². The van der Waals surface area contributed by atoms with Gasteiger partial charge in [-0.3, -0.25) is 4.79 Å². The molecule has 7 nitrogen and oxygen atoms in total. The van der Waals surface area contributed by atoms with Gasteiger partial charge in [-0.15, -0.1) is 0 Å². The van der Waals surface area contributed by atoms with Crippen molar-refractivity contribution in [2.24, 2.45) is 5.73 Å². The van der Waals surface area contributed by atoms with E-state index in [-0.39, 0.29) is 12.8 Å². The van der Waals surface area contributed by atoms with Gasteiger partial charge in [0.25, 0.3) is 0 Å². The predicted octanol–water partition coefficient (Wildman–Crippen LogP) is 1.49. The van der Waals surface area contributed by atoms with Crippen molar-refractivity contribution in [1.82, 2.24) is 5.32 Å². The highest BCUT2D eigenvalue weighted by Crippen LogP contribution is 2.12. The van der Waals surface area contributed by atoms with E-state index in [0.29, 0.717) is 0 Å². The van der Waals surface area contributed by atoms with Crippen LogP contribution in [-0.2, 0) is 19.1 Å². The maximum Gasteiger partial charge on any atom is 0.408 e. The molecule has 0 bridgehead atoms. The average molecular weight is 302 g/mol. The quantitative estimate of drug-likeness (QED) is 0.748. The Kier molecular flexibility index (Phi) is 6.66. The van der Waals surface area contributed by atoms with Gasteiger partial charge < -0.3 is 20.5 Å². The van der Waals surface area contributed by atoms with Gasteiger partial charge in [0, 0.05) is 6.42 Å². The summed E-state index contributed by atoms with van der Waals surface area (Å²) in [6.45, 7) is 10.3. The summed E-state index contributed by atoms with van der Waals surface area (Å²) in [7, 11) is 0. The van der Waals surface area contributed by atoms with Gasteiger partial charge in [0.2, 0.25) is 5.91 Å². The number of amides is 2. The second-order valence-corrected chi connectivity index (χ2v) is 6.74. The SMILES string of the molecule is CC(C)(C)OC(=O)NC(CCC(N)=O)C(=O)OC(C)(C)C. The normalized spacial score (nSPS) is 13.2. The van der Waals surface area contributed by atoms with E-state index in [9.17, 15) is 14.4 Å². The molecule has 7 heteroatoms. The van der Waals surface area contributed by atoms with Crippen LogP contribution in [0.2, 0.25) is 0 Å². The molecule has 1 atom stereocenters. The smallest absolute Gasteiger partial charge is 0.408 e. The van der Waals surface area contributed by atoms with Crippen LogP contribution < -0.4 is 11.1 Å². The Morgan fingerprint density at radius 1 is 1.00 bits per heavy atom. The summed E-state index contributed by atoms with van der Waals surface area (Å²) < 4.78 is 10.3. The monoisotopic (exact) mass is 302 g/mol. The van der Waals surface area contributed by atoms with Gasteiger partial charge in [0.15, 0.2) is 0 Å². The first kappa shape index (κ1) is 19.2. The van der Waals surface area contributed by atoms with Crippen molar-refractivity contribution in [3.63, 3.8) is 0 Å². The summed E-state index contributed by atoms with van der Waals surface area (Å²) in [6.07, 6.45) is -0.730. The Morgan fingerprint density at radius 3 is 1.86 bits per heavy atom. The van der Waals surface area contributed by atoms with Crippen LogP contribution in [0.5, 0.6) is 0 Å². The second kappa shape index (κ2) is 7.28. The third-order valence-electron chi connectivity index (χ3n) is 2.06. The zero-order chi connectivity index (χ0) is 16.8. The van der Waals surface area contributed by atoms with Gasteiger partial charge in [0.1, 0.15) is 17.2 Å². The molecule has 0 rings (SSSR count). The van der Waals surface area contributed by atoms with Crippen molar-refractivity contribution in [3.05, 3.63) is 0 Å². The standard InChI is InChI=1S/C14H26N2O5/c1-13(2,3)20-11(18)9(7-8-10(15)17)16-12(19)21-14(4,5)6/h9H,7-8H2,1-6H3,(H2,15,17)(H,16,19). The zero-order valence-corrected chi connectivity index (χ0v) is 13.6. The summed E-state index contributed by atoms with van der Waals surface area (Å²) in [5.41, 5.74) is 3.68. The van der Waals surface area contributed by atoms with E-state index in [1.165, 1.54) is 0 Å². The molecule has 0 fully saturated rings. The Balaban J connectivity index is 4.77. The van der Waals surface area contributed by atoms with Crippen molar-refractivity contribution in [1.29, 1.82) is 0 Å². The van der Waals surface area contributed by atoms with Gasteiger partial charge in [-0.05, 0) is 48.0 Å². The highest BCUT2D eigenvalue weighted by molar-refractivity contribution is 5.82. The zero-order valence-electron chi connectivity index (χ0n) is 13.6. The first-order valence-corrected chi connectivity index (χ1v) is 6.81. The number of primary amides is 1. The fourth-order valence-electron chi connectivity index (χ4n) is 1.36. The number of carbonyl (C=O) groups is 3. The molecule has 3 N–H and O–H groups in total. The van der Waals surface area contributed by atoms with E-state index >= 15 is 0 Å². The summed E-state index contributed by atoms with van der Waals surface area (Å²) in [5.74, 6) is -1.19. The molecule has 122 valence electrons. The molecule has 1 unspecified atom stereocenters. The first-order valence-electron chi connectivity index (χ1n) is 6.81.